The van der Waals surface area contributed by atoms with E-state index in [1.165, 1.54) is 11.1 Å². The molecule has 1 aromatic carbocycles. The fourth-order valence-electron chi connectivity index (χ4n) is 2.95. The molecule has 5 heteroatoms. The molecule has 0 saturated carbocycles. The molecule has 126 valence electrons. The van der Waals surface area contributed by atoms with Gasteiger partial charge in [0.25, 0.3) is 0 Å². The number of amides is 1. The third kappa shape index (κ3) is 4.18. The molecule has 1 aromatic rings. The Kier molecular flexibility index (Phi) is 5.91. The summed E-state index contributed by atoms with van der Waals surface area (Å²) in [6.45, 7) is 7.57. The van der Waals surface area contributed by atoms with Crippen LogP contribution in [-0.4, -0.2) is 55.7 Å². The number of benzene rings is 1. The van der Waals surface area contributed by atoms with Crippen LogP contribution in [0.2, 0.25) is 0 Å². The standard InChI is InChI=1S/C18H27N3O2/c1-14(2)20(4)6-5-7-21(13-23)18-9-16-11-19(3)10-15(16)8-17(18)12-22/h8-9,12-14H,5-7,10-11H2,1-4H3. The van der Waals surface area contributed by atoms with Gasteiger partial charge in [-0.25, -0.2) is 0 Å². The van der Waals surface area contributed by atoms with Crippen LogP contribution in [0.15, 0.2) is 12.1 Å². The average Bonchev–Trinajstić information content (AvgIpc) is 2.88. The lowest BCUT2D eigenvalue weighted by Crippen LogP contribution is -2.31. The molecule has 1 aliphatic rings. The normalized spacial score (nSPS) is 14.3. The van der Waals surface area contributed by atoms with E-state index in [9.17, 15) is 9.59 Å². The van der Waals surface area contributed by atoms with Crippen molar-refractivity contribution in [3.63, 3.8) is 0 Å². The summed E-state index contributed by atoms with van der Waals surface area (Å²) in [5.41, 5.74) is 3.72. The van der Waals surface area contributed by atoms with Crippen molar-refractivity contribution in [2.24, 2.45) is 0 Å². The monoisotopic (exact) mass is 317 g/mol. The molecule has 0 spiro atoms. The summed E-state index contributed by atoms with van der Waals surface area (Å²) in [5, 5.41) is 0. The van der Waals surface area contributed by atoms with Gasteiger partial charge < -0.3 is 9.80 Å². The van der Waals surface area contributed by atoms with Crippen molar-refractivity contribution in [3.05, 3.63) is 28.8 Å². The molecule has 0 atom stereocenters. The van der Waals surface area contributed by atoms with Crippen LogP contribution in [-0.2, 0) is 17.9 Å². The topological polar surface area (TPSA) is 43.9 Å². The fraction of sp³-hybridized carbons (Fsp3) is 0.556. The third-order valence-electron chi connectivity index (χ3n) is 4.58. The first kappa shape index (κ1) is 17.6. The summed E-state index contributed by atoms with van der Waals surface area (Å²) in [4.78, 5) is 29.1. The molecule has 0 radical (unpaired) electrons. The van der Waals surface area contributed by atoms with Crippen molar-refractivity contribution in [1.82, 2.24) is 9.80 Å². The average molecular weight is 317 g/mol. The number of hydrogen-bond acceptors (Lipinski definition) is 4. The molecule has 0 unspecified atom stereocenters. The van der Waals surface area contributed by atoms with E-state index in [1.54, 1.807) is 4.90 Å². The van der Waals surface area contributed by atoms with Gasteiger partial charge >= 0.3 is 0 Å². The number of rotatable bonds is 8. The molecule has 0 aliphatic carbocycles. The maximum atomic E-state index is 11.5. The number of anilines is 1. The molecule has 0 saturated heterocycles. The second-order valence-corrected chi connectivity index (χ2v) is 6.70. The van der Waals surface area contributed by atoms with Crippen LogP contribution in [0.1, 0.15) is 41.8 Å². The maximum Gasteiger partial charge on any atom is 0.214 e. The maximum absolute atomic E-state index is 11.5. The zero-order valence-corrected chi connectivity index (χ0v) is 14.6. The molecule has 0 fully saturated rings. The van der Waals surface area contributed by atoms with Crippen molar-refractivity contribution in [2.75, 3.05) is 32.1 Å². The van der Waals surface area contributed by atoms with E-state index in [2.05, 4.69) is 37.7 Å². The third-order valence-corrected chi connectivity index (χ3v) is 4.58. The number of hydrogen-bond donors (Lipinski definition) is 0. The largest absolute Gasteiger partial charge is 0.314 e. The number of aldehydes is 1. The molecule has 1 amide bonds. The van der Waals surface area contributed by atoms with Crippen molar-refractivity contribution in [1.29, 1.82) is 0 Å². The van der Waals surface area contributed by atoms with Gasteiger partial charge in [0.2, 0.25) is 6.41 Å². The second kappa shape index (κ2) is 7.70. The molecule has 23 heavy (non-hydrogen) atoms. The highest BCUT2D eigenvalue weighted by Crippen LogP contribution is 2.29. The predicted octanol–water partition coefficient (Wildman–Crippen LogP) is 2.14. The summed E-state index contributed by atoms with van der Waals surface area (Å²) in [6.07, 6.45) is 2.57. The van der Waals surface area contributed by atoms with Gasteiger partial charge in [-0.1, -0.05) is 0 Å². The molecular formula is C18H27N3O2. The first-order chi connectivity index (χ1) is 11.0. The second-order valence-electron chi connectivity index (χ2n) is 6.70. The number of fused-ring (bicyclic) bond motifs is 1. The van der Waals surface area contributed by atoms with Gasteiger partial charge in [-0.15, -0.1) is 0 Å². The summed E-state index contributed by atoms with van der Waals surface area (Å²) < 4.78 is 0. The van der Waals surface area contributed by atoms with Gasteiger partial charge in [0.15, 0.2) is 6.29 Å². The Morgan fingerprint density at radius 3 is 2.39 bits per heavy atom. The van der Waals surface area contributed by atoms with Crippen LogP contribution in [0.25, 0.3) is 0 Å². The summed E-state index contributed by atoms with van der Waals surface area (Å²) in [6, 6.07) is 4.42. The van der Waals surface area contributed by atoms with Crippen LogP contribution in [0.5, 0.6) is 0 Å². The SMILES string of the molecule is CC(C)N(C)CCCN(C=O)c1cc2c(cc1C=O)CN(C)C2. The van der Waals surface area contributed by atoms with E-state index in [0.29, 0.717) is 18.2 Å². The lowest BCUT2D eigenvalue weighted by molar-refractivity contribution is -0.107. The Labute approximate surface area is 138 Å². The molecule has 1 heterocycles. The molecule has 5 nitrogen and oxygen atoms in total. The Hall–Kier alpha value is -1.72. The summed E-state index contributed by atoms with van der Waals surface area (Å²) in [5.74, 6) is 0. The molecular weight excluding hydrogens is 290 g/mol. The molecule has 2 rings (SSSR count). The van der Waals surface area contributed by atoms with Gasteiger partial charge in [-0.2, -0.15) is 0 Å². The highest BCUT2D eigenvalue weighted by molar-refractivity contribution is 5.90. The fourth-order valence-corrected chi connectivity index (χ4v) is 2.95. The minimum absolute atomic E-state index is 0.487. The highest BCUT2D eigenvalue weighted by Gasteiger charge is 2.20. The number of carbonyl (C=O) groups excluding carboxylic acids is 2. The van der Waals surface area contributed by atoms with Gasteiger partial charge in [0.1, 0.15) is 0 Å². The van der Waals surface area contributed by atoms with Crippen molar-refractivity contribution < 1.29 is 9.59 Å². The van der Waals surface area contributed by atoms with Crippen molar-refractivity contribution in [3.8, 4) is 0 Å². The highest BCUT2D eigenvalue weighted by atomic mass is 16.1. The Balaban J connectivity index is 2.13. The van der Waals surface area contributed by atoms with Gasteiger partial charge in [0, 0.05) is 31.2 Å². The van der Waals surface area contributed by atoms with E-state index >= 15 is 0 Å². The predicted molar refractivity (Wildman–Crippen MR) is 92.8 cm³/mol. The summed E-state index contributed by atoms with van der Waals surface area (Å²) >= 11 is 0. The number of carbonyl (C=O) groups is 2. The van der Waals surface area contributed by atoms with Crippen LogP contribution < -0.4 is 4.90 Å². The molecule has 0 bridgehead atoms. The van der Waals surface area contributed by atoms with Crippen molar-refractivity contribution in [2.45, 2.75) is 39.4 Å². The van der Waals surface area contributed by atoms with Crippen LogP contribution >= 0.6 is 0 Å². The quantitative estimate of drug-likeness (QED) is 0.689. The van der Waals surface area contributed by atoms with E-state index in [1.807, 2.05) is 12.1 Å². The number of nitrogens with zero attached hydrogens (tertiary/aromatic N) is 3. The van der Waals surface area contributed by atoms with Gasteiger partial charge in [-0.3, -0.25) is 14.5 Å². The minimum Gasteiger partial charge on any atom is -0.314 e. The van der Waals surface area contributed by atoms with Gasteiger partial charge in [-0.05, 0) is 64.2 Å². The van der Waals surface area contributed by atoms with Gasteiger partial charge in [0.05, 0.1) is 5.69 Å². The van der Waals surface area contributed by atoms with E-state index in [-0.39, 0.29) is 0 Å². The molecule has 0 aromatic heterocycles. The zero-order chi connectivity index (χ0) is 17.0. The van der Waals surface area contributed by atoms with E-state index in [0.717, 1.165) is 44.4 Å². The zero-order valence-electron chi connectivity index (χ0n) is 14.6. The van der Waals surface area contributed by atoms with E-state index < -0.39 is 0 Å². The smallest absolute Gasteiger partial charge is 0.214 e. The lowest BCUT2D eigenvalue weighted by atomic mass is 10.0. The van der Waals surface area contributed by atoms with Crippen LogP contribution in [0, 0.1) is 0 Å². The van der Waals surface area contributed by atoms with Crippen LogP contribution in [0.4, 0.5) is 5.69 Å². The lowest BCUT2D eigenvalue weighted by Gasteiger charge is -2.24. The molecule has 0 N–H and O–H groups in total. The Morgan fingerprint density at radius 2 is 1.83 bits per heavy atom. The first-order valence-electron chi connectivity index (χ1n) is 8.18. The van der Waals surface area contributed by atoms with E-state index in [4.69, 9.17) is 0 Å². The molecule has 1 aliphatic heterocycles. The van der Waals surface area contributed by atoms with Crippen molar-refractivity contribution >= 4 is 18.4 Å². The Morgan fingerprint density at radius 1 is 1.17 bits per heavy atom. The minimum atomic E-state index is 0.487. The first-order valence-corrected chi connectivity index (χ1v) is 8.18. The Bertz CT molecular complexity index is 572. The van der Waals surface area contributed by atoms with Crippen LogP contribution in [0.3, 0.4) is 0 Å². The summed E-state index contributed by atoms with van der Waals surface area (Å²) in [7, 11) is 4.14.